The Hall–Kier alpha value is -2.44. The summed E-state index contributed by atoms with van der Waals surface area (Å²) in [5.74, 6) is 0.880. The fourth-order valence-electron chi connectivity index (χ4n) is 3.09. The number of hydrogen-bond donors (Lipinski definition) is 1. The predicted molar refractivity (Wildman–Crippen MR) is 86.8 cm³/mol. The fourth-order valence-corrected chi connectivity index (χ4v) is 3.09. The molecule has 0 radical (unpaired) electrons. The van der Waals surface area contributed by atoms with E-state index in [0.29, 0.717) is 0 Å². The third kappa shape index (κ3) is 2.78. The Bertz CT molecular complexity index is 682. The van der Waals surface area contributed by atoms with Gasteiger partial charge in [0.1, 0.15) is 24.0 Å². The van der Waals surface area contributed by atoms with E-state index in [0.717, 1.165) is 30.8 Å². The minimum absolute atomic E-state index is 0.0633. The monoisotopic (exact) mass is 314 g/mol. The molecule has 7 nitrogen and oxygen atoms in total. The second kappa shape index (κ2) is 5.98. The second-order valence-corrected chi connectivity index (χ2v) is 6.28. The highest BCUT2D eigenvalue weighted by atomic mass is 16.2. The Kier molecular flexibility index (Phi) is 4.02. The van der Waals surface area contributed by atoms with Crippen molar-refractivity contribution in [2.45, 2.75) is 38.3 Å². The SMILES string of the molecule is CNc1cc([C@H]2CCCN2C(=O)C(C)(C)n2cncn2)ccn1. The largest absolute Gasteiger partial charge is 0.373 e. The molecule has 0 aliphatic carbocycles. The van der Waals surface area contributed by atoms with E-state index in [2.05, 4.69) is 20.4 Å². The molecule has 3 rings (SSSR count). The van der Waals surface area contributed by atoms with E-state index in [9.17, 15) is 4.79 Å². The van der Waals surface area contributed by atoms with Crippen LogP contribution in [0.5, 0.6) is 0 Å². The zero-order valence-corrected chi connectivity index (χ0v) is 13.7. The average Bonchev–Trinajstić information content (AvgIpc) is 3.25. The number of carbonyl (C=O) groups is 1. The average molecular weight is 314 g/mol. The van der Waals surface area contributed by atoms with Crippen LogP contribution in [-0.4, -0.2) is 44.1 Å². The van der Waals surface area contributed by atoms with Gasteiger partial charge in [0.25, 0.3) is 5.91 Å². The quantitative estimate of drug-likeness (QED) is 0.931. The van der Waals surface area contributed by atoms with Gasteiger partial charge in [0.2, 0.25) is 0 Å². The van der Waals surface area contributed by atoms with Gasteiger partial charge in [0.05, 0.1) is 6.04 Å². The first-order valence-electron chi connectivity index (χ1n) is 7.84. The third-order valence-corrected chi connectivity index (χ3v) is 4.45. The molecule has 1 saturated heterocycles. The summed E-state index contributed by atoms with van der Waals surface area (Å²) < 4.78 is 1.62. The van der Waals surface area contributed by atoms with Gasteiger partial charge in [-0.3, -0.25) is 4.79 Å². The van der Waals surface area contributed by atoms with Crippen molar-refractivity contribution in [2.24, 2.45) is 0 Å². The van der Waals surface area contributed by atoms with Crippen molar-refractivity contribution in [3.05, 3.63) is 36.5 Å². The van der Waals surface area contributed by atoms with Gasteiger partial charge in [-0.15, -0.1) is 0 Å². The molecular formula is C16H22N6O. The Morgan fingerprint density at radius 3 is 2.96 bits per heavy atom. The van der Waals surface area contributed by atoms with Crippen molar-refractivity contribution >= 4 is 11.7 Å². The van der Waals surface area contributed by atoms with Gasteiger partial charge < -0.3 is 10.2 Å². The molecule has 1 amide bonds. The van der Waals surface area contributed by atoms with Gasteiger partial charge in [0.15, 0.2) is 0 Å². The van der Waals surface area contributed by atoms with Gasteiger partial charge in [-0.2, -0.15) is 5.10 Å². The molecule has 1 atom stereocenters. The lowest BCUT2D eigenvalue weighted by atomic mass is 10.0. The number of nitrogens with zero attached hydrogens (tertiary/aromatic N) is 5. The highest BCUT2D eigenvalue weighted by molar-refractivity contribution is 5.84. The summed E-state index contributed by atoms with van der Waals surface area (Å²) in [6.45, 7) is 4.52. The van der Waals surface area contributed by atoms with E-state index in [1.54, 1.807) is 17.2 Å². The summed E-state index contributed by atoms with van der Waals surface area (Å²) in [7, 11) is 1.84. The molecule has 1 fully saturated rings. The molecule has 0 saturated carbocycles. The van der Waals surface area contributed by atoms with Gasteiger partial charge in [-0.1, -0.05) is 0 Å². The van der Waals surface area contributed by atoms with Crippen molar-refractivity contribution in [1.82, 2.24) is 24.6 Å². The highest BCUT2D eigenvalue weighted by Gasteiger charge is 2.40. The minimum Gasteiger partial charge on any atom is -0.373 e. The number of carbonyl (C=O) groups excluding carboxylic acids is 1. The number of pyridine rings is 1. The maximum atomic E-state index is 13.1. The first kappa shape index (κ1) is 15.5. The van der Waals surface area contributed by atoms with E-state index < -0.39 is 5.54 Å². The summed E-state index contributed by atoms with van der Waals surface area (Å²) in [4.78, 5) is 23.3. The molecule has 0 unspecified atom stereocenters. The van der Waals surface area contributed by atoms with Crippen LogP contribution in [0.15, 0.2) is 31.0 Å². The molecule has 3 heterocycles. The van der Waals surface area contributed by atoms with Gasteiger partial charge in [-0.05, 0) is 44.4 Å². The molecule has 0 spiro atoms. The van der Waals surface area contributed by atoms with Crippen molar-refractivity contribution in [3.8, 4) is 0 Å². The molecule has 7 heteroatoms. The van der Waals surface area contributed by atoms with E-state index in [1.807, 2.05) is 37.9 Å². The van der Waals surface area contributed by atoms with Crippen LogP contribution in [0, 0.1) is 0 Å². The van der Waals surface area contributed by atoms with Gasteiger partial charge >= 0.3 is 0 Å². The summed E-state index contributed by atoms with van der Waals surface area (Å²) >= 11 is 0. The van der Waals surface area contributed by atoms with Crippen molar-refractivity contribution in [2.75, 3.05) is 18.9 Å². The molecule has 1 aliphatic heterocycles. The number of anilines is 1. The fraction of sp³-hybridized carbons (Fsp3) is 0.500. The van der Waals surface area contributed by atoms with Crippen molar-refractivity contribution < 1.29 is 4.79 Å². The Morgan fingerprint density at radius 2 is 2.26 bits per heavy atom. The topological polar surface area (TPSA) is 75.9 Å². The molecule has 1 N–H and O–H groups in total. The third-order valence-electron chi connectivity index (χ3n) is 4.45. The summed E-state index contributed by atoms with van der Waals surface area (Å²) in [6.07, 6.45) is 6.80. The number of nitrogens with one attached hydrogen (secondary N) is 1. The summed E-state index contributed by atoms with van der Waals surface area (Å²) in [5.41, 5.74) is 0.363. The molecule has 1 aliphatic rings. The summed E-state index contributed by atoms with van der Waals surface area (Å²) in [6, 6.07) is 4.08. The molecule has 0 bridgehead atoms. The smallest absolute Gasteiger partial charge is 0.250 e. The second-order valence-electron chi connectivity index (χ2n) is 6.28. The molecule has 0 aromatic carbocycles. The first-order chi connectivity index (χ1) is 11.0. The van der Waals surface area contributed by atoms with Crippen LogP contribution in [0.1, 0.15) is 38.3 Å². The van der Waals surface area contributed by atoms with Crippen LogP contribution in [0.2, 0.25) is 0 Å². The maximum Gasteiger partial charge on any atom is 0.250 e. The lowest BCUT2D eigenvalue weighted by Gasteiger charge is -2.33. The van der Waals surface area contributed by atoms with Gasteiger partial charge in [-0.25, -0.2) is 14.6 Å². The number of rotatable bonds is 4. The van der Waals surface area contributed by atoms with E-state index in [1.165, 1.54) is 6.33 Å². The zero-order chi connectivity index (χ0) is 16.4. The van der Waals surface area contributed by atoms with Crippen LogP contribution >= 0.6 is 0 Å². The standard InChI is InChI=1S/C16H22N6O/c1-16(2,22-11-18-10-20-22)15(23)21-8-4-5-13(21)12-6-7-19-14(9-12)17-3/h6-7,9-11,13H,4-5,8H2,1-3H3,(H,17,19)/t13-/m1/s1. The van der Waals surface area contributed by atoms with Crippen LogP contribution in [0.25, 0.3) is 0 Å². The van der Waals surface area contributed by atoms with Crippen LogP contribution in [0.4, 0.5) is 5.82 Å². The molecule has 122 valence electrons. The number of amides is 1. The van der Waals surface area contributed by atoms with E-state index in [4.69, 9.17) is 0 Å². The van der Waals surface area contributed by atoms with Crippen LogP contribution in [0.3, 0.4) is 0 Å². The molecule has 23 heavy (non-hydrogen) atoms. The number of aromatic nitrogens is 4. The number of hydrogen-bond acceptors (Lipinski definition) is 5. The number of likely N-dealkylation sites (tertiary alicyclic amines) is 1. The van der Waals surface area contributed by atoms with Gasteiger partial charge in [0, 0.05) is 19.8 Å². The van der Waals surface area contributed by atoms with Crippen molar-refractivity contribution in [1.29, 1.82) is 0 Å². The minimum atomic E-state index is -0.752. The highest BCUT2D eigenvalue weighted by Crippen LogP contribution is 2.35. The van der Waals surface area contributed by atoms with Crippen LogP contribution in [-0.2, 0) is 10.3 Å². The Balaban J connectivity index is 1.88. The van der Waals surface area contributed by atoms with Crippen molar-refractivity contribution in [3.63, 3.8) is 0 Å². The lowest BCUT2D eigenvalue weighted by molar-refractivity contribution is -0.140. The first-order valence-corrected chi connectivity index (χ1v) is 7.84. The maximum absolute atomic E-state index is 13.1. The molecule has 2 aromatic rings. The Morgan fingerprint density at radius 1 is 1.43 bits per heavy atom. The Labute approximate surface area is 135 Å². The normalized spacial score (nSPS) is 18.2. The predicted octanol–water partition coefficient (Wildman–Crippen LogP) is 1.81. The molecular weight excluding hydrogens is 292 g/mol. The van der Waals surface area contributed by atoms with E-state index in [-0.39, 0.29) is 11.9 Å². The summed E-state index contributed by atoms with van der Waals surface area (Å²) in [5, 5.41) is 7.19. The van der Waals surface area contributed by atoms with E-state index >= 15 is 0 Å². The lowest BCUT2D eigenvalue weighted by Crippen LogP contribution is -2.47. The molecule has 2 aromatic heterocycles. The van der Waals surface area contributed by atoms with Crippen LogP contribution < -0.4 is 5.32 Å². The zero-order valence-electron chi connectivity index (χ0n) is 13.7.